The summed E-state index contributed by atoms with van der Waals surface area (Å²) in [5.41, 5.74) is 8.68. The summed E-state index contributed by atoms with van der Waals surface area (Å²) in [5, 5.41) is 0. The van der Waals surface area contributed by atoms with Gasteiger partial charge in [-0.25, -0.2) is 0 Å². The van der Waals surface area contributed by atoms with Crippen LogP contribution in [0.1, 0.15) is 24.0 Å². The first kappa shape index (κ1) is 9.85. The van der Waals surface area contributed by atoms with E-state index in [2.05, 4.69) is 22.8 Å². The average molecular weight is 217 g/mol. The van der Waals surface area contributed by atoms with Crippen LogP contribution in [0.5, 0.6) is 0 Å². The van der Waals surface area contributed by atoms with E-state index < -0.39 is 0 Å². The van der Waals surface area contributed by atoms with E-state index in [9.17, 15) is 0 Å². The molecule has 1 fully saturated rings. The number of benzene rings is 1. The Morgan fingerprint density at radius 2 is 2.25 bits per heavy atom. The Kier molecular flexibility index (Phi) is 2.40. The number of ether oxygens (including phenoxy) is 1. The summed E-state index contributed by atoms with van der Waals surface area (Å²) in [6.07, 6.45) is 2.72. The molecule has 2 aliphatic heterocycles. The van der Waals surface area contributed by atoms with Gasteiger partial charge in [-0.1, -0.05) is 18.2 Å². The van der Waals surface area contributed by atoms with Gasteiger partial charge in [0, 0.05) is 12.2 Å². The van der Waals surface area contributed by atoms with Crippen LogP contribution in [0.15, 0.2) is 24.3 Å². The van der Waals surface area contributed by atoms with E-state index in [0.29, 0.717) is 6.10 Å². The Morgan fingerprint density at radius 3 is 3.00 bits per heavy atom. The molecule has 0 aliphatic carbocycles. The number of rotatable bonds is 2. The van der Waals surface area contributed by atoms with Gasteiger partial charge >= 0.3 is 0 Å². The van der Waals surface area contributed by atoms with E-state index in [1.165, 1.54) is 24.0 Å². The highest BCUT2D eigenvalue weighted by Crippen LogP contribution is 2.19. The Labute approximate surface area is 95.5 Å². The fraction of sp³-hybridized carbons (Fsp3) is 0.462. The molecule has 16 heavy (non-hydrogen) atoms. The van der Waals surface area contributed by atoms with Gasteiger partial charge in [-0.15, -0.1) is 0 Å². The van der Waals surface area contributed by atoms with E-state index in [1.807, 2.05) is 6.07 Å². The highest BCUT2D eigenvalue weighted by Gasteiger charge is 2.27. The Morgan fingerprint density at radius 1 is 1.38 bits per heavy atom. The van der Waals surface area contributed by atoms with Gasteiger partial charge in [-0.2, -0.15) is 0 Å². The summed E-state index contributed by atoms with van der Waals surface area (Å²) in [6.45, 7) is 2.77. The Bertz CT molecular complexity index is 433. The molecule has 0 unspecified atom stereocenters. The number of amidine groups is 1. The lowest BCUT2D eigenvalue weighted by Crippen LogP contribution is -2.29. The SMILES string of the molecule is NC1=[N+](C[C@H]2CCCO2)Cc2ccccc21. The summed E-state index contributed by atoms with van der Waals surface area (Å²) in [7, 11) is 0. The van der Waals surface area contributed by atoms with Crippen molar-refractivity contribution in [2.45, 2.75) is 25.5 Å². The quantitative estimate of drug-likeness (QED) is 0.753. The minimum atomic E-state index is 0.368. The van der Waals surface area contributed by atoms with Gasteiger partial charge in [0.2, 0.25) is 0 Å². The normalized spacial score (nSPS) is 23.9. The predicted octanol–water partition coefficient (Wildman–Crippen LogP) is 1.10. The van der Waals surface area contributed by atoms with Crippen molar-refractivity contribution in [2.75, 3.05) is 13.2 Å². The predicted molar refractivity (Wildman–Crippen MR) is 62.5 cm³/mol. The first-order chi connectivity index (χ1) is 7.84. The summed E-state index contributed by atoms with van der Waals surface area (Å²) >= 11 is 0. The molecule has 2 heterocycles. The van der Waals surface area contributed by atoms with Crippen molar-refractivity contribution >= 4 is 5.84 Å². The Hall–Kier alpha value is -1.35. The van der Waals surface area contributed by atoms with Crippen molar-refractivity contribution in [2.24, 2.45) is 5.73 Å². The van der Waals surface area contributed by atoms with Gasteiger partial charge in [-0.3, -0.25) is 10.3 Å². The average Bonchev–Trinajstić information content (AvgIpc) is 2.90. The van der Waals surface area contributed by atoms with Crippen LogP contribution in [0.3, 0.4) is 0 Å². The lowest BCUT2D eigenvalue weighted by atomic mass is 10.1. The number of hydrogen-bond donors (Lipinski definition) is 1. The van der Waals surface area contributed by atoms with Crippen molar-refractivity contribution in [1.82, 2.24) is 0 Å². The van der Waals surface area contributed by atoms with Gasteiger partial charge in [0.05, 0.1) is 11.7 Å². The molecule has 3 rings (SSSR count). The molecule has 0 aromatic heterocycles. The van der Waals surface area contributed by atoms with Crippen LogP contribution in [0.2, 0.25) is 0 Å². The molecule has 0 amide bonds. The number of nitrogens with zero attached hydrogens (tertiary/aromatic N) is 1. The minimum Gasteiger partial charge on any atom is -0.374 e. The zero-order valence-electron chi connectivity index (χ0n) is 9.36. The van der Waals surface area contributed by atoms with Crippen LogP contribution in [-0.4, -0.2) is 29.7 Å². The van der Waals surface area contributed by atoms with Crippen LogP contribution in [0.4, 0.5) is 0 Å². The van der Waals surface area contributed by atoms with E-state index >= 15 is 0 Å². The maximum atomic E-state index is 6.16. The van der Waals surface area contributed by atoms with Gasteiger partial charge in [0.25, 0.3) is 5.84 Å². The second-order valence-corrected chi connectivity index (χ2v) is 4.56. The molecule has 1 aromatic carbocycles. The zero-order valence-corrected chi connectivity index (χ0v) is 9.36. The van der Waals surface area contributed by atoms with Crippen LogP contribution in [-0.2, 0) is 11.3 Å². The summed E-state index contributed by atoms with van der Waals surface area (Å²) in [6, 6.07) is 8.36. The largest absolute Gasteiger partial charge is 0.374 e. The van der Waals surface area contributed by atoms with Gasteiger partial charge in [0.1, 0.15) is 13.1 Å². The highest BCUT2D eigenvalue weighted by atomic mass is 16.5. The van der Waals surface area contributed by atoms with Crippen LogP contribution in [0.25, 0.3) is 0 Å². The number of nitrogens with two attached hydrogens (primary N) is 1. The summed E-state index contributed by atoms with van der Waals surface area (Å²) < 4.78 is 7.89. The molecule has 3 nitrogen and oxygen atoms in total. The molecule has 1 saturated heterocycles. The monoisotopic (exact) mass is 217 g/mol. The molecule has 84 valence electrons. The van der Waals surface area contributed by atoms with Crippen molar-refractivity contribution < 1.29 is 9.31 Å². The third-order valence-electron chi connectivity index (χ3n) is 3.44. The number of hydrogen-bond acceptors (Lipinski definition) is 2. The molecule has 0 saturated carbocycles. The fourth-order valence-electron chi connectivity index (χ4n) is 2.57. The fourth-order valence-corrected chi connectivity index (χ4v) is 2.57. The second-order valence-electron chi connectivity index (χ2n) is 4.56. The van der Waals surface area contributed by atoms with Gasteiger partial charge in [0.15, 0.2) is 0 Å². The summed E-state index contributed by atoms with van der Waals surface area (Å²) in [4.78, 5) is 0. The van der Waals surface area contributed by atoms with Crippen molar-refractivity contribution in [3.05, 3.63) is 35.4 Å². The molecule has 2 aliphatic rings. The van der Waals surface area contributed by atoms with E-state index in [0.717, 1.165) is 25.5 Å². The van der Waals surface area contributed by atoms with Crippen LogP contribution >= 0.6 is 0 Å². The van der Waals surface area contributed by atoms with Crippen molar-refractivity contribution in [1.29, 1.82) is 0 Å². The Balaban J connectivity index is 1.80. The number of fused-ring (bicyclic) bond motifs is 1. The first-order valence-electron chi connectivity index (χ1n) is 5.92. The molecule has 0 spiro atoms. The molecule has 1 atom stereocenters. The van der Waals surface area contributed by atoms with Gasteiger partial charge < -0.3 is 4.74 Å². The van der Waals surface area contributed by atoms with E-state index in [4.69, 9.17) is 10.5 Å². The first-order valence-corrected chi connectivity index (χ1v) is 5.92. The smallest absolute Gasteiger partial charge is 0.275 e. The van der Waals surface area contributed by atoms with Gasteiger partial charge in [-0.05, 0) is 18.9 Å². The molecule has 0 radical (unpaired) electrons. The lowest BCUT2D eigenvalue weighted by Gasteiger charge is -2.09. The van der Waals surface area contributed by atoms with E-state index in [-0.39, 0.29) is 0 Å². The maximum Gasteiger partial charge on any atom is 0.275 e. The third-order valence-corrected chi connectivity index (χ3v) is 3.44. The molecular formula is C13H17N2O+. The highest BCUT2D eigenvalue weighted by molar-refractivity contribution is 5.96. The van der Waals surface area contributed by atoms with Crippen molar-refractivity contribution in [3.63, 3.8) is 0 Å². The standard InChI is InChI=1S/C13H16N2O/c14-13-12-6-2-1-4-10(12)8-15(13)9-11-5-3-7-16-11/h1-2,4,6,11,14H,3,5,7-9H2/p+1/t11-/m1/s1. The molecule has 1 aromatic rings. The molecule has 0 bridgehead atoms. The molecule has 2 N–H and O–H groups in total. The van der Waals surface area contributed by atoms with E-state index in [1.54, 1.807) is 0 Å². The van der Waals surface area contributed by atoms with Crippen LogP contribution in [0, 0.1) is 0 Å². The maximum absolute atomic E-state index is 6.16. The minimum absolute atomic E-state index is 0.368. The zero-order chi connectivity index (χ0) is 11.0. The second kappa shape index (κ2) is 3.91. The molecule has 3 heteroatoms. The summed E-state index contributed by atoms with van der Waals surface area (Å²) in [5.74, 6) is 0.908. The van der Waals surface area contributed by atoms with Crippen molar-refractivity contribution in [3.8, 4) is 0 Å². The van der Waals surface area contributed by atoms with Crippen LogP contribution < -0.4 is 5.73 Å². The third kappa shape index (κ3) is 1.61. The topological polar surface area (TPSA) is 38.3 Å². The lowest BCUT2D eigenvalue weighted by molar-refractivity contribution is -0.548. The molecular weight excluding hydrogens is 200 g/mol.